The molecule has 2 heterocycles. The van der Waals surface area contributed by atoms with Crippen molar-refractivity contribution in [3.05, 3.63) is 45.8 Å². The van der Waals surface area contributed by atoms with Gasteiger partial charge in [0.15, 0.2) is 5.11 Å². The zero-order valence-corrected chi connectivity index (χ0v) is 23.6. The zero-order valence-electron chi connectivity index (χ0n) is 21.2. The second-order valence-corrected chi connectivity index (χ2v) is 11.7. The molecular formula is C24H32N4O5S3. The average Bonchev–Trinajstić information content (AvgIpc) is 3.19. The Bertz CT molecular complexity index is 1230. The maximum atomic E-state index is 13.0. The largest absolute Gasteiger partial charge is 0.465 e. The van der Waals surface area contributed by atoms with Gasteiger partial charge in [-0.15, -0.1) is 11.3 Å². The van der Waals surface area contributed by atoms with Gasteiger partial charge in [-0.05, 0) is 57.6 Å². The van der Waals surface area contributed by atoms with Gasteiger partial charge in [0.05, 0.1) is 22.4 Å². The molecule has 0 atom stereocenters. The van der Waals surface area contributed by atoms with E-state index in [1.54, 1.807) is 36.1 Å². The quantitative estimate of drug-likeness (QED) is 0.413. The molecule has 196 valence electrons. The van der Waals surface area contributed by atoms with E-state index in [4.69, 9.17) is 17.0 Å². The Morgan fingerprint density at radius 3 is 2.19 bits per heavy atom. The van der Waals surface area contributed by atoms with Gasteiger partial charge in [-0.2, -0.15) is 4.31 Å². The topological polar surface area (TPSA) is 99.3 Å². The number of anilines is 1. The molecule has 0 radical (unpaired) electrons. The number of amides is 1. The van der Waals surface area contributed by atoms with Crippen LogP contribution in [-0.4, -0.2) is 85.9 Å². The second kappa shape index (κ2) is 11.7. The number of aryl methyl sites for hydroxylation is 1. The molecule has 3 rings (SSSR count). The van der Waals surface area contributed by atoms with E-state index in [-0.39, 0.29) is 29.5 Å². The molecule has 0 unspecified atom stereocenters. The van der Waals surface area contributed by atoms with Crippen molar-refractivity contribution in [3.63, 3.8) is 0 Å². The number of nitrogens with zero attached hydrogens (tertiary/aromatic N) is 3. The highest BCUT2D eigenvalue weighted by atomic mass is 32.2. The molecule has 12 heteroatoms. The molecule has 0 saturated carbocycles. The lowest BCUT2D eigenvalue weighted by atomic mass is 10.1. The Balaban J connectivity index is 1.75. The lowest BCUT2D eigenvalue weighted by molar-refractivity contribution is 0.0601. The third-order valence-electron chi connectivity index (χ3n) is 6.19. The summed E-state index contributed by atoms with van der Waals surface area (Å²) in [6.07, 6.45) is 0. The first kappa shape index (κ1) is 28.0. The lowest BCUT2D eigenvalue weighted by Gasteiger charge is -2.35. The van der Waals surface area contributed by atoms with Gasteiger partial charge in [-0.3, -0.25) is 4.79 Å². The maximum absolute atomic E-state index is 13.0. The highest BCUT2D eigenvalue weighted by molar-refractivity contribution is 7.89. The number of methoxy groups -OCH3 is 1. The van der Waals surface area contributed by atoms with Gasteiger partial charge in [0, 0.05) is 39.3 Å². The molecule has 2 aromatic rings. The van der Waals surface area contributed by atoms with Crippen molar-refractivity contribution >= 4 is 55.6 Å². The Labute approximate surface area is 222 Å². The number of benzene rings is 1. The Hall–Kier alpha value is -2.54. The number of sulfonamides is 1. The Kier molecular flexibility index (Phi) is 9.09. The summed E-state index contributed by atoms with van der Waals surface area (Å²) in [7, 11) is -2.30. The number of thiophene rings is 1. The summed E-state index contributed by atoms with van der Waals surface area (Å²) in [5.74, 6) is -0.705. The van der Waals surface area contributed by atoms with Crippen LogP contribution in [0.15, 0.2) is 29.2 Å². The van der Waals surface area contributed by atoms with E-state index in [0.29, 0.717) is 46.7 Å². The van der Waals surface area contributed by atoms with Gasteiger partial charge in [0.2, 0.25) is 10.0 Å². The summed E-state index contributed by atoms with van der Waals surface area (Å²) in [6, 6.07) is 6.80. The summed E-state index contributed by atoms with van der Waals surface area (Å²) in [5.41, 5.74) is 1.82. The van der Waals surface area contributed by atoms with Gasteiger partial charge in [0.1, 0.15) is 5.00 Å². The number of carbonyl (C=O) groups is 2. The van der Waals surface area contributed by atoms with Crippen LogP contribution in [0.2, 0.25) is 0 Å². The standard InChI is InChI=1S/C24H32N4O5S3/c1-6-26(7-2)22(29)20-17(4)19(23(30)33-5)21(35-20)25-24(34)27-12-14-28(15-13-27)36(31,32)18-10-8-16(3)9-11-18/h8-11H,6-7,12-15H2,1-5H3,(H,25,34). The van der Waals surface area contributed by atoms with Gasteiger partial charge in [0.25, 0.3) is 5.91 Å². The third-order valence-corrected chi connectivity index (χ3v) is 9.65. The van der Waals surface area contributed by atoms with E-state index >= 15 is 0 Å². The van der Waals surface area contributed by atoms with Crippen molar-refractivity contribution in [2.24, 2.45) is 0 Å². The van der Waals surface area contributed by atoms with Crippen LogP contribution in [0.1, 0.15) is 45.0 Å². The lowest BCUT2D eigenvalue weighted by Crippen LogP contribution is -2.51. The van der Waals surface area contributed by atoms with Gasteiger partial charge in [-0.1, -0.05) is 17.7 Å². The molecule has 0 spiro atoms. The van der Waals surface area contributed by atoms with Crippen LogP contribution < -0.4 is 5.32 Å². The predicted molar refractivity (Wildman–Crippen MR) is 145 cm³/mol. The SMILES string of the molecule is CCN(CC)C(=O)c1sc(NC(=S)N2CCN(S(=O)(=O)c3ccc(C)cc3)CC2)c(C(=O)OC)c1C. The maximum Gasteiger partial charge on any atom is 0.341 e. The van der Waals surface area contributed by atoms with E-state index in [2.05, 4.69) is 5.32 Å². The fourth-order valence-electron chi connectivity index (χ4n) is 3.97. The minimum atomic E-state index is -3.59. The first-order valence-electron chi connectivity index (χ1n) is 11.7. The zero-order chi connectivity index (χ0) is 26.6. The summed E-state index contributed by atoms with van der Waals surface area (Å²) in [5, 5.41) is 3.91. The summed E-state index contributed by atoms with van der Waals surface area (Å²) in [6.45, 7) is 9.87. The number of esters is 1. The average molecular weight is 553 g/mol. The van der Waals surface area contributed by atoms with Crippen LogP contribution in [0.5, 0.6) is 0 Å². The predicted octanol–water partition coefficient (Wildman–Crippen LogP) is 3.34. The molecule has 1 aromatic heterocycles. The number of ether oxygens (including phenoxy) is 1. The number of piperazine rings is 1. The molecule has 1 fully saturated rings. The fraction of sp³-hybridized carbons (Fsp3) is 0.458. The van der Waals surface area contributed by atoms with Crippen LogP contribution in [-0.2, 0) is 14.8 Å². The van der Waals surface area contributed by atoms with E-state index < -0.39 is 16.0 Å². The summed E-state index contributed by atoms with van der Waals surface area (Å²) in [4.78, 5) is 29.8. The third kappa shape index (κ3) is 5.72. The van der Waals surface area contributed by atoms with Gasteiger partial charge >= 0.3 is 5.97 Å². The second-order valence-electron chi connectivity index (χ2n) is 8.36. The first-order valence-corrected chi connectivity index (χ1v) is 14.3. The molecule has 1 aliphatic rings. The molecule has 1 aliphatic heterocycles. The summed E-state index contributed by atoms with van der Waals surface area (Å²) < 4.78 is 32.4. The van der Waals surface area contributed by atoms with E-state index in [1.807, 2.05) is 25.7 Å². The molecular weight excluding hydrogens is 520 g/mol. The number of hydrogen-bond donors (Lipinski definition) is 1. The fourth-order valence-corrected chi connectivity index (χ4v) is 6.91. The van der Waals surface area contributed by atoms with Crippen molar-refractivity contribution in [1.29, 1.82) is 0 Å². The molecule has 0 aliphatic carbocycles. The van der Waals surface area contributed by atoms with Crippen molar-refractivity contribution < 1.29 is 22.7 Å². The smallest absolute Gasteiger partial charge is 0.341 e. The number of nitrogens with one attached hydrogen (secondary N) is 1. The molecule has 1 amide bonds. The van der Waals surface area contributed by atoms with Crippen molar-refractivity contribution in [1.82, 2.24) is 14.1 Å². The van der Waals surface area contributed by atoms with E-state index in [9.17, 15) is 18.0 Å². The highest BCUT2D eigenvalue weighted by Gasteiger charge is 2.31. The van der Waals surface area contributed by atoms with Crippen molar-refractivity contribution in [2.45, 2.75) is 32.6 Å². The van der Waals surface area contributed by atoms with Gasteiger partial charge in [-0.25, -0.2) is 13.2 Å². The number of carbonyl (C=O) groups excluding carboxylic acids is 2. The van der Waals surface area contributed by atoms with Crippen LogP contribution in [0.4, 0.5) is 5.00 Å². The Morgan fingerprint density at radius 1 is 1.08 bits per heavy atom. The molecule has 1 aromatic carbocycles. The first-order chi connectivity index (χ1) is 17.0. The Morgan fingerprint density at radius 2 is 1.67 bits per heavy atom. The van der Waals surface area contributed by atoms with E-state index in [1.165, 1.54) is 22.8 Å². The normalized spacial score (nSPS) is 14.4. The van der Waals surface area contributed by atoms with E-state index in [0.717, 1.165) is 5.56 Å². The molecule has 1 saturated heterocycles. The van der Waals surface area contributed by atoms with Crippen molar-refractivity contribution in [2.75, 3.05) is 51.7 Å². The molecule has 0 bridgehead atoms. The minimum Gasteiger partial charge on any atom is -0.465 e. The molecule has 36 heavy (non-hydrogen) atoms. The molecule has 1 N–H and O–H groups in total. The summed E-state index contributed by atoms with van der Waals surface area (Å²) >= 11 is 6.77. The molecule has 9 nitrogen and oxygen atoms in total. The van der Waals surface area contributed by atoms with Crippen LogP contribution in [0.3, 0.4) is 0 Å². The van der Waals surface area contributed by atoms with Gasteiger partial charge < -0.3 is 19.9 Å². The monoisotopic (exact) mass is 552 g/mol. The number of rotatable bonds is 7. The minimum absolute atomic E-state index is 0.151. The van der Waals surface area contributed by atoms with Crippen molar-refractivity contribution in [3.8, 4) is 0 Å². The van der Waals surface area contributed by atoms with Crippen LogP contribution in [0, 0.1) is 13.8 Å². The number of hydrogen-bond acceptors (Lipinski definition) is 7. The van der Waals surface area contributed by atoms with Crippen LogP contribution >= 0.6 is 23.6 Å². The highest BCUT2D eigenvalue weighted by Crippen LogP contribution is 2.35. The van der Waals surface area contributed by atoms with Crippen LogP contribution in [0.25, 0.3) is 0 Å². The number of thiocarbonyl (C=S) groups is 1.